The summed E-state index contributed by atoms with van der Waals surface area (Å²) in [4.78, 5) is 1.52. The van der Waals surface area contributed by atoms with Crippen LogP contribution in [0.4, 0.5) is 0 Å². The molecule has 0 fully saturated rings. The zero-order valence-corrected chi connectivity index (χ0v) is 8.22. The van der Waals surface area contributed by atoms with Gasteiger partial charge in [-0.25, -0.2) is 0 Å². The molecule has 14 heavy (non-hydrogen) atoms. The molecule has 0 N–H and O–H groups in total. The van der Waals surface area contributed by atoms with Crippen molar-refractivity contribution in [3.8, 4) is 0 Å². The lowest BCUT2D eigenvalue weighted by Crippen LogP contribution is -1.92. The van der Waals surface area contributed by atoms with E-state index in [1.807, 2.05) is 18.2 Å². The third-order valence-electron chi connectivity index (χ3n) is 1.60. The standard InChI is InChI=1S/C11H13N3/c1-4-6-8-10(7-5-2)11-9-12-14(3)13-11/h4-9H,1-2H2,3H3/b8-6-,10-7+. The van der Waals surface area contributed by atoms with E-state index in [1.54, 1.807) is 25.4 Å². The monoisotopic (exact) mass is 187 g/mol. The average molecular weight is 187 g/mol. The van der Waals surface area contributed by atoms with Crippen molar-refractivity contribution in [1.82, 2.24) is 15.0 Å². The molecular formula is C11H13N3. The van der Waals surface area contributed by atoms with Gasteiger partial charge in [0.1, 0.15) is 5.69 Å². The summed E-state index contributed by atoms with van der Waals surface area (Å²) >= 11 is 0. The first-order valence-electron chi connectivity index (χ1n) is 4.26. The smallest absolute Gasteiger partial charge is 0.113 e. The highest BCUT2D eigenvalue weighted by Gasteiger charge is 2.00. The van der Waals surface area contributed by atoms with Crippen LogP contribution in [0.1, 0.15) is 5.69 Å². The average Bonchev–Trinajstić information content (AvgIpc) is 2.59. The molecule has 1 heterocycles. The van der Waals surface area contributed by atoms with Crippen LogP contribution in [0.5, 0.6) is 0 Å². The van der Waals surface area contributed by atoms with Crippen molar-refractivity contribution in [2.45, 2.75) is 0 Å². The summed E-state index contributed by atoms with van der Waals surface area (Å²) in [5, 5.41) is 8.19. The Bertz CT molecular complexity index is 383. The summed E-state index contributed by atoms with van der Waals surface area (Å²) in [6.45, 7) is 7.26. The SMILES string of the molecule is C=C/C=C\C(=C/C=C)c1cnn(C)n1. The molecule has 0 aliphatic carbocycles. The maximum atomic E-state index is 4.19. The van der Waals surface area contributed by atoms with E-state index >= 15 is 0 Å². The molecule has 0 aliphatic heterocycles. The third-order valence-corrected chi connectivity index (χ3v) is 1.60. The van der Waals surface area contributed by atoms with E-state index in [9.17, 15) is 0 Å². The normalized spacial score (nSPS) is 11.9. The van der Waals surface area contributed by atoms with Crippen molar-refractivity contribution in [2.75, 3.05) is 0 Å². The number of rotatable bonds is 4. The molecule has 72 valence electrons. The van der Waals surface area contributed by atoms with Gasteiger partial charge in [-0.15, -0.1) is 0 Å². The van der Waals surface area contributed by atoms with Gasteiger partial charge >= 0.3 is 0 Å². The summed E-state index contributed by atoms with van der Waals surface area (Å²) in [5.41, 5.74) is 1.79. The number of hydrogen-bond donors (Lipinski definition) is 0. The first kappa shape index (κ1) is 10.2. The molecule has 0 saturated heterocycles. The highest BCUT2D eigenvalue weighted by molar-refractivity contribution is 5.72. The van der Waals surface area contributed by atoms with Crippen LogP contribution in [0, 0.1) is 0 Å². The maximum Gasteiger partial charge on any atom is 0.113 e. The van der Waals surface area contributed by atoms with E-state index in [-0.39, 0.29) is 0 Å². The van der Waals surface area contributed by atoms with Crippen LogP contribution in [-0.4, -0.2) is 15.0 Å². The van der Waals surface area contributed by atoms with E-state index < -0.39 is 0 Å². The minimum absolute atomic E-state index is 0.825. The van der Waals surface area contributed by atoms with Crippen molar-refractivity contribution in [2.24, 2.45) is 7.05 Å². The number of nitrogens with zero attached hydrogens (tertiary/aromatic N) is 3. The van der Waals surface area contributed by atoms with Crippen molar-refractivity contribution in [3.63, 3.8) is 0 Å². The molecule has 0 radical (unpaired) electrons. The van der Waals surface area contributed by atoms with Gasteiger partial charge < -0.3 is 0 Å². The number of aromatic nitrogens is 3. The number of allylic oxidation sites excluding steroid dienone is 6. The van der Waals surface area contributed by atoms with Crippen LogP contribution in [0.3, 0.4) is 0 Å². The largest absolute Gasteiger partial charge is 0.187 e. The van der Waals surface area contributed by atoms with E-state index in [0.29, 0.717) is 0 Å². The molecule has 0 aromatic carbocycles. The van der Waals surface area contributed by atoms with Crippen LogP contribution < -0.4 is 0 Å². The molecule has 1 aromatic rings. The summed E-state index contributed by atoms with van der Waals surface area (Å²) < 4.78 is 0. The van der Waals surface area contributed by atoms with Crippen molar-refractivity contribution < 1.29 is 0 Å². The van der Waals surface area contributed by atoms with Crippen LogP contribution in [0.25, 0.3) is 5.57 Å². The topological polar surface area (TPSA) is 30.7 Å². The van der Waals surface area contributed by atoms with Gasteiger partial charge in [0.2, 0.25) is 0 Å². The highest BCUT2D eigenvalue weighted by atomic mass is 15.4. The Kier molecular flexibility index (Phi) is 3.61. The predicted octanol–water partition coefficient (Wildman–Crippen LogP) is 2.13. The quantitative estimate of drug-likeness (QED) is 0.676. The minimum atomic E-state index is 0.825. The summed E-state index contributed by atoms with van der Waals surface area (Å²) in [6.07, 6.45) is 10.8. The predicted molar refractivity (Wildman–Crippen MR) is 58.5 cm³/mol. The lowest BCUT2D eigenvalue weighted by atomic mass is 10.1. The molecule has 0 amide bonds. The Labute approximate surface area is 83.8 Å². The molecule has 0 spiro atoms. The third kappa shape index (κ3) is 2.55. The molecule has 0 atom stereocenters. The second-order valence-electron chi connectivity index (χ2n) is 2.67. The van der Waals surface area contributed by atoms with Gasteiger partial charge in [-0.05, 0) is 0 Å². The van der Waals surface area contributed by atoms with Crippen LogP contribution in [0.2, 0.25) is 0 Å². The molecule has 1 aromatic heterocycles. The fourth-order valence-electron chi connectivity index (χ4n) is 1.00. The Morgan fingerprint density at radius 2 is 2.21 bits per heavy atom. The van der Waals surface area contributed by atoms with Crippen molar-refractivity contribution in [1.29, 1.82) is 0 Å². The molecule has 3 heteroatoms. The van der Waals surface area contributed by atoms with Gasteiger partial charge in [-0.1, -0.05) is 43.5 Å². The van der Waals surface area contributed by atoms with E-state index in [0.717, 1.165) is 11.3 Å². The van der Waals surface area contributed by atoms with Crippen molar-refractivity contribution >= 4 is 5.57 Å². The van der Waals surface area contributed by atoms with Gasteiger partial charge in [0, 0.05) is 12.6 Å². The first-order chi connectivity index (χ1) is 6.77. The molecular weight excluding hydrogens is 174 g/mol. The molecule has 0 saturated carbocycles. The Hall–Kier alpha value is -1.90. The van der Waals surface area contributed by atoms with Gasteiger partial charge in [0.15, 0.2) is 0 Å². The summed E-state index contributed by atoms with van der Waals surface area (Å²) in [5.74, 6) is 0. The van der Waals surface area contributed by atoms with E-state index in [4.69, 9.17) is 0 Å². The van der Waals surface area contributed by atoms with Crippen LogP contribution >= 0.6 is 0 Å². The van der Waals surface area contributed by atoms with Crippen LogP contribution in [-0.2, 0) is 7.05 Å². The summed E-state index contributed by atoms with van der Waals surface area (Å²) in [7, 11) is 1.78. The molecule has 1 rings (SSSR count). The van der Waals surface area contributed by atoms with Crippen molar-refractivity contribution in [3.05, 3.63) is 55.4 Å². The van der Waals surface area contributed by atoms with Crippen LogP contribution in [0.15, 0.2) is 49.7 Å². The molecule has 0 bridgehead atoms. The fraction of sp³-hybridized carbons (Fsp3) is 0.0909. The maximum absolute atomic E-state index is 4.19. The van der Waals surface area contributed by atoms with Gasteiger partial charge in [-0.2, -0.15) is 15.0 Å². The second-order valence-corrected chi connectivity index (χ2v) is 2.67. The number of hydrogen-bond acceptors (Lipinski definition) is 2. The van der Waals surface area contributed by atoms with E-state index in [1.165, 1.54) is 4.80 Å². The lowest BCUT2D eigenvalue weighted by molar-refractivity contribution is 0.652. The highest BCUT2D eigenvalue weighted by Crippen LogP contribution is 2.11. The Morgan fingerprint density at radius 1 is 1.43 bits per heavy atom. The zero-order valence-electron chi connectivity index (χ0n) is 8.22. The molecule has 0 unspecified atom stereocenters. The second kappa shape index (κ2) is 4.97. The van der Waals surface area contributed by atoms with Gasteiger partial charge in [0.05, 0.1) is 6.20 Å². The number of aryl methyl sites for hydroxylation is 1. The Morgan fingerprint density at radius 3 is 2.71 bits per heavy atom. The first-order valence-corrected chi connectivity index (χ1v) is 4.26. The fourth-order valence-corrected chi connectivity index (χ4v) is 1.00. The van der Waals surface area contributed by atoms with Gasteiger partial charge in [-0.3, -0.25) is 0 Å². The summed E-state index contributed by atoms with van der Waals surface area (Å²) in [6, 6.07) is 0. The zero-order chi connectivity index (χ0) is 10.4. The molecule has 0 aliphatic rings. The van der Waals surface area contributed by atoms with Gasteiger partial charge in [0.25, 0.3) is 0 Å². The van der Waals surface area contributed by atoms with E-state index in [2.05, 4.69) is 23.4 Å². The lowest BCUT2D eigenvalue weighted by Gasteiger charge is -1.93. The minimum Gasteiger partial charge on any atom is -0.187 e. The Balaban J connectivity index is 3.00. The molecule has 3 nitrogen and oxygen atoms in total.